The Labute approximate surface area is 116 Å². The lowest BCUT2D eigenvalue weighted by Crippen LogP contribution is -2.62. The third-order valence-corrected chi connectivity index (χ3v) is 3.64. The van der Waals surface area contributed by atoms with Gasteiger partial charge in [0.1, 0.15) is 24.4 Å². The maximum absolute atomic E-state index is 10.1. The van der Waals surface area contributed by atoms with Crippen LogP contribution < -0.4 is 0 Å². The number of ether oxygens (including phenoxy) is 4. The largest absolute Gasteiger partial charge is 0.387 e. The van der Waals surface area contributed by atoms with Crippen molar-refractivity contribution in [2.45, 2.75) is 37.0 Å². The molecule has 1 aromatic rings. The van der Waals surface area contributed by atoms with Gasteiger partial charge in [0.15, 0.2) is 12.6 Å². The Morgan fingerprint density at radius 1 is 1.10 bits per heavy atom. The smallest absolute Gasteiger partial charge is 0.186 e. The zero-order valence-corrected chi connectivity index (χ0v) is 11.1. The molecule has 110 valence electrons. The van der Waals surface area contributed by atoms with Gasteiger partial charge in [-0.25, -0.2) is 0 Å². The van der Waals surface area contributed by atoms with E-state index in [4.69, 9.17) is 18.9 Å². The molecule has 0 radical (unpaired) electrons. The number of methoxy groups -OCH3 is 1. The van der Waals surface area contributed by atoms with Gasteiger partial charge in [-0.05, 0) is 0 Å². The maximum Gasteiger partial charge on any atom is 0.186 e. The minimum Gasteiger partial charge on any atom is -0.387 e. The van der Waals surface area contributed by atoms with E-state index in [1.807, 2.05) is 30.3 Å². The molecule has 0 bridgehead atoms. The third kappa shape index (κ3) is 2.46. The molecule has 2 heterocycles. The van der Waals surface area contributed by atoms with Crippen LogP contribution in [0.3, 0.4) is 0 Å². The minimum atomic E-state index is -1.14. The lowest BCUT2D eigenvalue weighted by atomic mass is 9.98. The third-order valence-electron chi connectivity index (χ3n) is 3.64. The van der Waals surface area contributed by atoms with Crippen molar-refractivity contribution in [1.29, 1.82) is 0 Å². The summed E-state index contributed by atoms with van der Waals surface area (Å²) in [5.41, 5.74) is 0.863. The van der Waals surface area contributed by atoms with E-state index in [1.165, 1.54) is 7.11 Å². The van der Waals surface area contributed by atoms with Crippen molar-refractivity contribution in [3.63, 3.8) is 0 Å². The van der Waals surface area contributed by atoms with Crippen LogP contribution in [0.4, 0.5) is 0 Å². The van der Waals surface area contributed by atoms with Gasteiger partial charge in [-0.15, -0.1) is 0 Å². The van der Waals surface area contributed by atoms with Crippen LogP contribution in [0, 0.1) is 0 Å². The summed E-state index contributed by atoms with van der Waals surface area (Å²) in [6, 6.07) is 9.45. The number of hydrogen-bond donors (Lipinski definition) is 2. The normalized spacial score (nSPS) is 41.1. The topological polar surface area (TPSA) is 77.4 Å². The highest BCUT2D eigenvalue weighted by molar-refractivity contribution is 5.16. The number of hydrogen-bond acceptors (Lipinski definition) is 6. The molecule has 20 heavy (non-hydrogen) atoms. The van der Waals surface area contributed by atoms with Crippen LogP contribution in [0.5, 0.6) is 0 Å². The molecule has 6 atom stereocenters. The van der Waals surface area contributed by atoms with Crippen LogP contribution in [-0.2, 0) is 18.9 Å². The van der Waals surface area contributed by atoms with Crippen LogP contribution in [-0.4, -0.2) is 54.6 Å². The van der Waals surface area contributed by atoms with Crippen molar-refractivity contribution in [2.75, 3.05) is 13.7 Å². The average Bonchev–Trinajstić information content (AvgIpc) is 2.51. The van der Waals surface area contributed by atoms with Gasteiger partial charge in [0.25, 0.3) is 0 Å². The van der Waals surface area contributed by atoms with Crippen molar-refractivity contribution in [2.24, 2.45) is 0 Å². The fourth-order valence-corrected chi connectivity index (χ4v) is 2.55. The van der Waals surface area contributed by atoms with Gasteiger partial charge >= 0.3 is 0 Å². The number of benzene rings is 1. The molecule has 6 heteroatoms. The van der Waals surface area contributed by atoms with Gasteiger partial charge in [0.2, 0.25) is 0 Å². The molecule has 2 fully saturated rings. The molecule has 2 aliphatic heterocycles. The van der Waals surface area contributed by atoms with Gasteiger partial charge in [0.05, 0.1) is 6.61 Å². The molecule has 2 N–H and O–H groups in total. The second kappa shape index (κ2) is 5.77. The zero-order chi connectivity index (χ0) is 14.1. The van der Waals surface area contributed by atoms with Crippen LogP contribution in [0.15, 0.2) is 30.3 Å². The standard InChI is InChI=1S/C14H18O6/c1-17-14-11(16)10(15)12-9(19-14)7-18-13(20-12)8-5-3-2-4-6-8/h2-6,9-16H,7H2,1H3/t9-,10+,11+,12+,13?,14-/m1/s1. The number of aliphatic hydroxyl groups excluding tert-OH is 2. The second-order valence-corrected chi connectivity index (χ2v) is 4.94. The van der Waals surface area contributed by atoms with Crippen LogP contribution in [0.25, 0.3) is 0 Å². The lowest BCUT2D eigenvalue weighted by molar-refractivity contribution is -0.358. The summed E-state index contributed by atoms with van der Waals surface area (Å²) >= 11 is 0. The van der Waals surface area contributed by atoms with Crippen molar-refractivity contribution in [1.82, 2.24) is 0 Å². The second-order valence-electron chi connectivity index (χ2n) is 4.94. The summed E-state index contributed by atoms with van der Waals surface area (Å²) in [6.07, 6.45) is -4.76. The SMILES string of the molecule is CO[C@@H]1O[C@@H]2COC(c3ccccc3)O[C@@H]2[C@@H](O)[C@@H]1O. The van der Waals surface area contributed by atoms with Crippen molar-refractivity contribution in [3.05, 3.63) is 35.9 Å². The Balaban J connectivity index is 1.74. The first kappa shape index (κ1) is 13.9. The number of fused-ring (bicyclic) bond motifs is 1. The zero-order valence-electron chi connectivity index (χ0n) is 11.1. The summed E-state index contributed by atoms with van der Waals surface area (Å²) < 4.78 is 21.9. The first-order valence-electron chi connectivity index (χ1n) is 6.57. The minimum absolute atomic E-state index is 0.272. The van der Waals surface area contributed by atoms with E-state index in [0.29, 0.717) is 0 Å². The highest BCUT2D eigenvalue weighted by atomic mass is 16.7. The fraction of sp³-hybridized carbons (Fsp3) is 0.571. The highest BCUT2D eigenvalue weighted by Crippen LogP contribution is 2.33. The highest BCUT2D eigenvalue weighted by Gasteiger charge is 2.48. The molecule has 0 saturated carbocycles. The summed E-state index contributed by atoms with van der Waals surface area (Å²) in [6.45, 7) is 0.272. The van der Waals surface area contributed by atoms with E-state index < -0.39 is 37.0 Å². The molecule has 0 aliphatic carbocycles. The molecule has 0 amide bonds. The van der Waals surface area contributed by atoms with Crippen molar-refractivity contribution >= 4 is 0 Å². The van der Waals surface area contributed by atoms with E-state index in [2.05, 4.69) is 0 Å². The molecular weight excluding hydrogens is 264 g/mol. The molecular formula is C14H18O6. The van der Waals surface area contributed by atoms with E-state index in [0.717, 1.165) is 5.56 Å². The van der Waals surface area contributed by atoms with Gasteiger partial charge in [-0.1, -0.05) is 30.3 Å². The van der Waals surface area contributed by atoms with Gasteiger partial charge < -0.3 is 29.2 Å². The van der Waals surface area contributed by atoms with Crippen molar-refractivity contribution in [3.8, 4) is 0 Å². The maximum atomic E-state index is 10.1. The molecule has 2 aliphatic rings. The summed E-state index contributed by atoms with van der Waals surface area (Å²) in [5.74, 6) is 0. The predicted molar refractivity (Wildman–Crippen MR) is 67.7 cm³/mol. The Hall–Kier alpha value is -1.02. The molecule has 0 aromatic heterocycles. The predicted octanol–water partition coefficient (Wildman–Crippen LogP) is 0.194. The van der Waals surface area contributed by atoms with Gasteiger partial charge in [-0.3, -0.25) is 0 Å². The number of rotatable bonds is 2. The lowest BCUT2D eigenvalue weighted by Gasteiger charge is -2.45. The van der Waals surface area contributed by atoms with Crippen LogP contribution >= 0.6 is 0 Å². The molecule has 2 saturated heterocycles. The summed E-state index contributed by atoms with van der Waals surface area (Å²) in [7, 11) is 1.41. The molecule has 0 spiro atoms. The van der Waals surface area contributed by atoms with E-state index in [9.17, 15) is 10.2 Å². The molecule has 1 aromatic carbocycles. The Morgan fingerprint density at radius 2 is 1.85 bits per heavy atom. The van der Waals surface area contributed by atoms with Gasteiger partial charge in [-0.2, -0.15) is 0 Å². The number of aliphatic hydroxyl groups is 2. The summed E-state index contributed by atoms with van der Waals surface area (Å²) in [4.78, 5) is 0. The summed E-state index contributed by atoms with van der Waals surface area (Å²) in [5, 5.41) is 20.1. The monoisotopic (exact) mass is 282 g/mol. The average molecular weight is 282 g/mol. The molecule has 1 unspecified atom stereocenters. The van der Waals surface area contributed by atoms with E-state index in [1.54, 1.807) is 0 Å². The first-order chi connectivity index (χ1) is 9.70. The van der Waals surface area contributed by atoms with E-state index >= 15 is 0 Å². The van der Waals surface area contributed by atoms with E-state index in [-0.39, 0.29) is 6.61 Å². The van der Waals surface area contributed by atoms with Crippen LogP contribution in [0.2, 0.25) is 0 Å². The Kier molecular flexibility index (Phi) is 4.02. The van der Waals surface area contributed by atoms with Crippen molar-refractivity contribution < 1.29 is 29.2 Å². The molecule has 6 nitrogen and oxygen atoms in total. The van der Waals surface area contributed by atoms with Gasteiger partial charge in [0, 0.05) is 12.7 Å². The Morgan fingerprint density at radius 3 is 2.55 bits per heavy atom. The first-order valence-corrected chi connectivity index (χ1v) is 6.57. The molecule has 3 rings (SSSR count). The quantitative estimate of drug-likeness (QED) is 0.806. The Bertz CT molecular complexity index is 437. The fourth-order valence-electron chi connectivity index (χ4n) is 2.55. The van der Waals surface area contributed by atoms with Crippen LogP contribution in [0.1, 0.15) is 11.9 Å².